The van der Waals surface area contributed by atoms with Crippen LogP contribution in [0.25, 0.3) is 0 Å². The maximum absolute atomic E-state index is 5.66. The van der Waals surface area contributed by atoms with Crippen molar-refractivity contribution < 1.29 is 4.74 Å². The van der Waals surface area contributed by atoms with Gasteiger partial charge in [0.25, 0.3) is 0 Å². The predicted molar refractivity (Wildman–Crippen MR) is 63.0 cm³/mol. The normalized spacial score (nSPS) is 32.6. The molecule has 2 nitrogen and oxygen atoms in total. The molecule has 0 saturated carbocycles. The number of nitrogens with zero attached hydrogens (tertiary/aromatic N) is 1. The van der Waals surface area contributed by atoms with E-state index in [1.165, 1.54) is 13.0 Å². The zero-order chi connectivity index (χ0) is 11.3. The number of hydrogen-bond acceptors (Lipinski definition) is 2. The Bertz CT molecular complexity index is 225. The molecule has 0 N–H and O–H groups in total. The minimum atomic E-state index is 0.371. The molecule has 2 bridgehead atoms. The predicted octanol–water partition coefficient (Wildman–Crippen LogP) is 2.53. The molecule has 3 aliphatic rings. The van der Waals surface area contributed by atoms with E-state index in [9.17, 15) is 0 Å². The second kappa shape index (κ2) is 3.46. The van der Waals surface area contributed by atoms with Gasteiger partial charge < -0.3 is 4.74 Å². The van der Waals surface area contributed by atoms with E-state index >= 15 is 0 Å². The van der Waals surface area contributed by atoms with Gasteiger partial charge in [0.15, 0.2) is 0 Å². The van der Waals surface area contributed by atoms with Gasteiger partial charge in [-0.05, 0) is 10.8 Å². The van der Waals surface area contributed by atoms with Gasteiger partial charge in [-0.2, -0.15) is 0 Å². The molecule has 0 aliphatic carbocycles. The van der Waals surface area contributed by atoms with E-state index in [0.29, 0.717) is 23.0 Å². The van der Waals surface area contributed by atoms with E-state index in [1.54, 1.807) is 0 Å². The van der Waals surface area contributed by atoms with Crippen molar-refractivity contribution in [2.75, 3.05) is 19.6 Å². The van der Waals surface area contributed by atoms with Gasteiger partial charge in [-0.15, -0.1) is 0 Å². The summed E-state index contributed by atoms with van der Waals surface area (Å²) in [6, 6.07) is 0. The van der Waals surface area contributed by atoms with E-state index < -0.39 is 0 Å². The molecule has 3 heterocycles. The molecule has 3 fully saturated rings. The lowest BCUT2D eigenvalue weighted by Crippen LogP contribution is -2.59. The highest BCUT2D eigenvalue weighted by Crippen LogP contribution is 2.40. The Kier molecular flexibility index (Phi) is 2.63. The first-order valence-electron chi connectivity index (χ1n) is 6.16. The van der Waals surface area contributed by atoms with Crippen LogP contribution in [0, 0.1) is 10.8 Å². The molecule has 2 atom stereocenters. The van der Waals surface area contributed by atoms with Crippen LogP contribution >= 0.6 is 0 Å². The summed E-state index contributed by atoms with van der Waals surface area (Å²) in [6.07, 6.45) is 2.38. The van der Waals surface area contributed by atoms with Crippen LogP contribution in [0.1, 0.15) is 41.0 Å². The van der Waals surface area contributed by atoms with Crippen molar-refractivity contribution in [1.29, 1.82) is 0 Å². The van der Waals surface area contributed by atoms with Gasteiger partial charge in [0.1, 0.15) is 0 Å². The number of hydrogen-bond donors (Lipinski definition) is 0. The van der Waals surface area contributed by atoms with Gasteiger partial charge in [0.2, 0.25) is 0 Å². The monoisotopic (exact) mass is 211 g/mol. The Morgan fingerprint density at radius 2 is 1.53 bits per heavy atom. The van der Waals surface area contributed by atoms with E-state index in [-0.39, 0.29) is 0 Å². The van der Waals surface area contributed by atoms with E-state index in [0.717, 1.165) is 13.1 Å². The van der Waals surface area contributed by atoms with Gasteiger partial charge in [-0.3, -0.25) is 4.90 Å². The first-order valence-corrected chi connectivity index (χ1v) is 6.16. The summed E-state index contributed by atoms with van der Waals surface area (Å²) in [7, 11) is 0. The molecule has 3 saturated heterocycles. The summed E-state index contributed by atoms with van der Waals surface area (Å²) in [4.78, 5) is 2.59. The third-order valence-electron chi connectivity index (χ3n) is 4.48. The third kappa shape index (κ3) is 2.21. The van der Waals surface area contributed by atoms with Crippen LogP contribution in [0.3, 0.4) is 0 Å². The first-order chi connectivity index (χ1) is 6.78. The van der Waals surface area contributed by atoms with Crippen LogP contribution in [-0.2, 0) is 4.74 Å². The number of morpholine rings is 1. The van der Waals surface area contributed by atoms with Gasteiger partial charge >= 0.3 is 0 Å². The molecular weight excluding hydrogens is 186 g/mol. The third-order valence-corrected chi connectivity index (χ3v) is 4.48. The highest BCUT2D eigenvalue weighted by molar-refractivity contribution is 4.93. The summed E-state index contributed by atoms with van der Waals surface area (Å²) < 4.78 is 5.66. The Morgan fingerprint density at radius 1 is 1.07 bits per heavy atom. The topological polar surface area (TPSA) is 12.5 Å². The van der Waals surface area contributed by atoms with Crippen molar-refractivity contribution in [3.05, 3.63) is 0 Å². The average molecular weight is 211 g/mol. The van der Waals surface area contributed by atoms with Gasteiger partial charge in [0, 0.05) is 26.1 Å². The average Bonchev–Trinajstić information content (AvgIpc) is 1.99. The summed E-state index contributed by atoms with van der Waals surface area (Å²) in [5.74, 6) is 0. The van der Waals surface area contributed by atoms with Crippen LogP contribution in [-0.4, -0.2) is 36.7 Å². The molecule has 3 aliphatic heterocycles. The van der Waals surface area contributed by atoms with Crippen molar-refractivity contribution in [2.24, 2.45) is 10.8 Å². The summed E-state index contributed by atoms with van der Waals surface area (Å²) >= 11 is 0. The molecule has 88 valence electrons. The maximum atomic E-state index is 5.66. The Hall–Kier alpha value is -0.0800. The molecule has 2 heteroatoms. The number of rotatable bonds is 2. The Labute approximate surface area is 94.0 Å². The fraction of sp³-hybridized carbons (Fsp3) is 1.00. The van der Waals surface area contributed by atoms with Gasteiger partial charge in [-0.25, -0.2) is 0 Å². The molecule has 0 amide bonds. The van der Waals surface area contributed by atoms with E-state index in [2.05, 4.69) is 39.5 Å². The molecule has 15 heavy (non-hydrogen) atoms. The first kappa shape index (κ1) is 11.4. The summed E-state index contributed by atoms with van der Waals surface area (Å²) in [6.45, 7) is 15.3. The fourth-order valence-electron chi connectivity index (χ4n) is 2.37. The minimum Gasteiger partial charge on any atom is -0.372 e. The van der Waals surface area contributed by atoms with Crippen LogP contribution in [0.15, 0.2) is 0 Å². The minimum absolute atomic E-state index is 0.371. The standard InChI is InChI=1S/C13H25NO/c1-12(2,3)13(4,5)9-14-7-10-6-11(8-14)15-10/h10-11H,6-9H2,1-5H3. The second-order valence-electron chi connectivity index (χ2n) is 6.94. The van der Waals surface area contributed by atoms with Crippen LogP contribution in [0.4, 0.5) is 0 Å². The molecule has 0 aromatic rings. The van der Waals surface area contributed by atoms with E-state index in [4.69, 9.17) is 4.74 Å². The highest BCUT2D eigenvalue weighted by Gasteiger charge is 2.41. The largest absolute Gasteiger partial charge is 0.372 e. The lowest BCUT2D eigenvalue weighted by Gasteiger charge is -2.51. The number of ether oxygens (including phenoxy) is 1. The van der Waals surface area contributed by atoms with Crippen LogP contribution in [0.5, 0.6) is 0 Å². The molecule has 2 unspecified atom stereocenters. The van der Waals surface area contributed by atoms with Crippen molar-refractivity contribution in [2.45, 2.75) is 53.2 Å². The second-order valence-corrected chi connectivity index (χ2v) is 6.94. The highest BCUT2D eigenvalue weighted by atomic mass is 16.5. The van der Waals surface area contributed by atoms with Crippen molar-refractivity contribution in [3.63, 3.8) is 0 Å². The zero-order valence-corrected chi connectivity index (χ0v) is 10.8. The number of fused-ring (bicyclic) bond motifs is 2. The van der Waals surface area contributed by atoms with Crippen LogP contribution < -0.4 is 0 Å². The fourth-order valence-corrected chi connectivity index (χ4v) is 2.37. The molecule has 0 radical (unpaired) electrons. The maximum Gasteiger partial charge on any atom is 0.0731 e. The quantitative estimate of drug-likeness (QED) is 0.696. The van der Waals surface area contributed by atoms with E-state index in [1.807, 2.05) is 0 Å². The SMILES string of the molecule is CC(C)(C)C(C)(C)CN1CC2CC(C1)O2. The van der Waals surface area contributed by atoms with Gasteiger partial charge in [0.05, 0.1) is 12.2 Å². The summed E-state index contributed by atoms with van der Waals surface area (Å²) in [5, 5.41) is 0. The molecule has 0 aromatic carbocycles. The molecule has 0 aromatic heterocycles. The van der Waals surface area contributed by atoms with Crippen molar-refractivity contribution in [1.82, 2.24) is 4.90 Å². The summed E-state index contributed by atoms with van der Waals surface area (Å²) in [5.41, 5.74) is 0.742. The smallest absolute Gasteiger partial charge is 0.0731 e. The molecule has 3 rings (SSSR count). The van der Waals surface area contributed by atoms with Crippen molar-refractivity contribution >= 4 is 0 Å². The van der Waals surface area contributed by atoms with Gasteiger partial charge in [-0.1, -0.05) is 34.6 Å². The molecular formula is C13H25NO. The van der Waals surface area contributed by atoms with Crippen LogP contribution in [0.2, 0.25) is 0 Å². The Balaban J connectivity index is 1.91. The zero-order valence-electron chi connectivity index (χ0n) is 10.8. The Morgan fingerprint density at radius 3 is 1.93 bits per heavy atom. The molecule has 0 spiro atoms. The van der Waals surface area contributed by atoms with Crippen molar-refractivity contribution in [3.8, 4) is 0 Å². The lowest BCUT2D eigenvalue weighted by atomic mass is 9.69. The lowest BCUT2D eigenvalue weighted by molar-refractivity contribution is -0.187. The number of piperidine rings is 1.